The maximum Gasteiger partial charge on any atom is 0.407 e. The van der Waals surface area contributed by atoms with Crippen LogP contribution < -0.4 is 5.32 Å². The van der Waals surface area contributed by atoms with E-state index < -0.39 is 11.7 Å². The van der Waals surface area contributed by atoms with Crippen molar-refractivity contribution in [1.29, 1.82) is 0 Å². The molecular weight excluding hydrogens is 312 g/mol. The first-order chi connectivity index (χ1) is 11.3. The molecule has 0 unspecified atom stereocenters. The molecule has 0 aromatic carbocycles. The summed E-state index contributed by atoms with van der Waals surface area (Å²) in [5, 5.41) is 2.68. The molecule has 1 N–H and O–H groups in total. The molecule has 0 aromatic heterocycles. The monoisotopic (exact) mass is 342 g/mol. The summed E-state index contributed by atoms with van der Waals surface area (Å²) in [7, 11) is 0. The summed E-state index contributed by atoms with van der Waals surface area (Å²) in [6.45, 7) is 8.77. The predicted octanol–water partition coefficient (Wildman–Crippen LogP) is 1.90. The Hall–Kier alpha value is -1.34. The highest BCUT2D eigenvalue weighted by atomic mass is 16.7. The molecule has 2 aliphatic heterocycles. The van der Waals surface area contributed by atoms with Crippen LogP contribution in [0, 0.1) is 5.92 Å². The lowest BCUT2D eigenvalue weighted by atomic mass is 9.96. The topological polar surface area (TPSA) is 77.1 Å². The van der Waals surface area contributed by atoms with Gasteiger partial charge in [-0.05, 0) is 40.0 Å². The number of amides is 2. The van der Waals surface area contributed by atoms with Crippen molar-refractivity contribution in [2.24, 2.45) is 5.92 Å². The van der Waals surface area contributed by atoms with Crippen LogP contribution in [0.25, 0.3) is 0 Å². The van der Waals surface area contributed by atoms with Crippen LogP contribution in [0.1, 0.15) is 46.5 Å². The fraction of sp³-hybridized carbons (Fsp3) is 0.882. The van der Waals surface area contributed by atoms with Gasteiger partial charge in [-0.1, -0.05) is 0 Å². The van der Waals surface area contributed by atoms with Gasteiger partial charge < -0.3 is 24.4 Å². The van der Waals surface area contributed by atoms with Crippen LogP contribution in [0.5, 0.6) is 0 Å². The highest BCUT2D eigenvalue weighted by molar-refractivity contribution is 5.76. The van der Waals surface area contributed by atoms with E-state index in [0.29, 0.717) is 38.5 Å². The first kappa shape index (κ1) is 19.0. The Bertz CT molecular complexity index is 421. The van der Waals surface area contributed by atoms with E-state index in [1.165, 1.54) is 0 Å². The van der Waals surface area contributed by atoms with Crippen LogP contribution in [0.15, 0.2) is 0 Å². The van der Waals surface area contributed by atoms with E-state index in [-0.39, 0.29) is 12.2 Å². The standard InChI is InChI=1S/C17H30N2O5/c1-17(2,3)24-16(21)18-8-4-5-14(20)19-9-6-13(7-10-19)15-22-11-12-23-15/h13,15H,4-12H2,1-3H3,(H,18,21). The minimum atomic E-state index is -0.503. The lowest BCUT2D eigenvalue weighted by molar-refractivity contribution is -0.136. The molecule has 0 aromatic rings. The van der Waals surface area contributed by atoms with E-state index in [1.54, 1.807) is 0 Å². The molecular formula is C17H30N2O5. The molecule has 2 fully saturated rings. The number of carbonyl (C=O) groups is 2. The van der Waals surface area contributed by atoms with Crippen LogP contribution >= 0.6 is 0 Å². The van der Waals surface area contributed by atoms with E-state index in [1.807, 2.05) is 25.7 Å². The molecule has 0 bridgehead atoms. The summed E-state index contributed by atoms with van der Waals surface area (Å²) in [5.41, 5.74) is -0.503. The third-order valence-electron chi connectivity index (χ3n) is 4.16. The Kier molecular flexibility index (Phi) is 6.86. The van der Waals surface area contributed by atoms with Gasteiger partial charge in [0.15, 0.2) is 6.29 Å². The van der Waals surface area contributed by atoms with Crippen LogP contribution in [0.3, 0.4) is 0 Å². The number of nitrogens with one attached hydrogen (secondary N) is 1. The third kappa shape index (κ3) is 6.28. The number of nitrogens with zero attached hydrogens (tertiary/aromatic N) is 1. The Morgan fingerprint density at radius 2 is 1.79 bits per heavy atom. The van der Waals surface area contributed by atoms with Crippen molar-refractivity contribution in [1.82, 2.24) is 10.2 Å². The zero-order valence-corrected chi connectivity index (χ0v) is 15.0. The molecule has 0 aliphatic carbocycles. The highest BCUT2D eigenvalue weighted by Gasteiger charge is 2.31. The molecule has 0 saturated carbocycles. The van der Waals surface area contributed by atoms with Crippen molar-refractivity contribution < 1.29 is 23.8 Å². The van der Waals surface area contributed by atoms with Gasteiger partial charge in [-0.15, -0.1) is 0 Å². The molecule has 0 atom stereocenters. The van der Waals surface area contributed by atoms with Gasteiger partial charge in [-0.25, -0.2) is 4.79 Å². The van der Waals surface area contributed by atoms with E-state index in [0.717, 1.165) is 25.9 Å². The maximum absolute atomic E-state index is 12.2. The number of alkyl carbamates (subject to hydrolysis) is 1. The molecule has 138 valence electrons. The summed E-state index contributed by atoms with van der Waals surface area (Å²) >= 11 is 0. The smallest absolute Gasteiger partial charge is 0.407 e. The highest BCUT2D eigenvalue weighted by Crippen LogP contribution is 2.26. The maximum atomic E-state index is 12.2. The molecule has 2 aliphatic rings. The Labute approximate surface area is 144 Å². The van der Waals surface area contributed by atoms with Gasteiger partial charge in [0.2, 0.25) is 5.91 Å². The normalized spacial score (nSPS) is 20.2. The largest absolute Gasteiger partial charge is 0.444 e. The van der Waals surface area contributed by atoms with Crippen LogP contribution in [0.2, 0.25) is 0 Å². The van der Waals surface area contributed by atoms with Crippen molar-refractivity contribution in [3.8, 4) is 0 Å². The zero-order chi connectivity index (χ0) is 17.6. The van der Waals surface area contributed by atoms with E-state index in [2.05, 4.69) is 5.32 Å². The summed E-state index contributed by atoms with van der Waals surface area (Å²) in [6.07, 6.45) is 2.38. The number of ether oxygens (including phenoxy) is 3. The summed E-state index contributed by atoms with van der Waals surface area (Å²) in [4.78, 5) is 25.6. The van der Waals surface area contributed by atoms with Crippen molar-refractivity contribution >= 4 is 12.0 Å². The van der Waals surface area contributed by atoms with E-state index >= 15 is 0 Å². The SMILES string of the molecule is CC(C)(C)OC(=O)NCCCC(=O)N1CCC(C2OCCO2)CC1. The fourth-order valence-corrected chi connectivity index (χ4v) is 2.97. The second-order valence-corrected chi connectivity index (χ2v) is 7.36. The number of hydrogen-bond donors (Lipinski definition) is 1. The molecule has 24 heavy (non-hydrogen) atoms. The minimum absolute atomic E-state index is 0.0831. The van der Waals surface area contributed by atoms with Gasteiger partial charge in [-0.2, -0.15) is 0 Å². The molecule has 2 amide bonds. The van der Waals surface area contributed by atoms with E-state index in [4.69, 9.17) is 14.2 Å². The van der Waals surface area contributed by atoms with Crippen LogP contribution in [-0.2, 0) is 19.0 Å². The van der Waals surface area contributed by atoms with Gasteiger partial charge in [0.25, 0.3) is 0 Å². The number of rotatable bonds is 5. The van der Waals surface area contributed by atoms with Gasteiger partial charge in [0.1, 0.15) is 5.60 Å². The Morgan fingerprint density at radius 1 is 1.17 bits per heavy atom. The first-order valence-corrected chi connectivity index (χ1v) is 8.83. The summed E-state index contributed by atoms with van der Waals surface area (Å²) < 4.78 is 16.2. The molecule has 7 heteroatoms. The Morgan fingerprint density at radius 3 is 2.38 bits per heavy atom. The average molecular weight is 342 g/mol. The number of carbonyl (C=O) groups excluding carboxylic acids is 2. The number of likely N-dealkylation sites (tertiary alicyclic amines) is 1. The fourth-order valence-electron chi connectivity index (χ4n) is 2.97. The molecule has 2 heterocycles. The Balaban J connectivity index is 1.57. The summed E-state index contributed by atoms with van der Waals surface area (Å²) in [5.74, 6) is 0.540. The van der Waals surface area contributed by atoms with Crippen molar-refractivity contribution in [2.45, 2.75) is 58.3 Å². The van der Waals surface area contributed by atoms with E-state index in [9.17, 15) is 9.59 Å². The van der Waals surface area contributed by atoms with Gasteiger partial charge in [-0.3, -0.25) is 4.79 Å². The molecule has 7 nitrogen and oxygen atoms in total. The summed E-state index contributed by atoms with van der Waals surface area (Å²) in [6, 6.07) is 0. The number of piperidine rings is 1. The minimum Gasteiger partial charge on any atom is -0.444 e. The van der Waals surface area contributed by atoms with Crippen molar-refractivity contribution in [2.75, 3.05) is 32.8 Å². The second kappa shape index (κ2) is 8.67. The van der Waals surface area contributed by atoms with Crippen molar-refractivity contribution in [3.05, 3.63) is 0 Å². The molecule has 2 rings (SSSR count). The van der Waals surface area contributed by atoms with Crippen LogP contribution in [0.4, 0.5) is 4.79 Å². The number of hydrogen-bond acceptors (Lipinski definition) is 5. The van der Waals surface area contributed by atoms with Gasteiger partial charge in [0, 0.05) is 32.0 Å². The lowest BCUT2D eigenvalue weighted by Crippen LogP contribution is -2.41. The lowest BCUT2D eigenvalue weighted by Gasteiger charge is -2.34. The quantitative estimate of drug-likeness (QED) is 0.772. The van der Waals surface area contributed by atoms with Gasteiger partial charge >= 0.3 is 6.09 Å². The molecule has 0 spiro atoms. The van der Waals surface area contributed by atoms with Gasteiger partial charge in [0.05, 0.1) is 13.2 Å². The first-order valence-electron chi connectivity index (χ1n) is 8.83. The zero-order valence-electron chi connectivity index (χ0n) is 15.0. The predicted molar refractivity (Wildman–Crippen MR) is 88.5 cm³/mol. The molecule has 2 saturated heterocycles. The van der Waals surface area contributed by atoms with Crippen molar-refractivity contribution in [3.63, 3.8) is 0 Å². The molecule has 0 radical (unpaired) electrons. The third-order valence-corrected chi connectivity index (χ3v) is 4.16. The average Bonchev–Trinajstić information content (AvgIpc) is 3.04. The van der Waals surface area contributed by atoms with Crippen LogP contribution in [-0.4, -0.2) is 61.6 Å². The second-order valence-electron chi connectivity index (χ2n) is 7.36.